The molecular formula is C14H27NO3. The first-order valence-electron chi connectivity index (χ1n) is 7.22. The lowest BCUT2D eigenvalue weighted by Gasteiger charge is -2.26. The summed E-state index contributed by atoms with van der Waals surface area (Å²) < 4.78 is 10.6. The normalized spacial score (nSPS) is 23.9. The second kappa shape index (κ2) is 9.34. The molecule has 0 spiro atoms. The van der Waals surface area contributed by atoms with Crippen LogP contribution in [0.2, 0.25) is 0 Å². The van der Waals surface area contributed by atoms with Crippen molar-refractivity contribution in [1.82, 2.24) is 0 Å². The van der Waals surface area contributed by atoms with E-state index in [-0.39, 0.29) is 11.9 Å². The zero-order chi connectivity index (χ0) is 13.2. The van der Waals surface area contributed by atoms with Crippen LogP contribution in [-0.2, 0) is 14.3 Å². The number of esters is 1. The lowest BCUT2D eigenvalue weighted by atomic mass is 9.82. The number of carbonyl (C=O) groups excluding carboxylic acids is 1. The summed E-state index contributed by atoms with van der Waals surface area (Å²) in [5.41, 5.74) is 5.63. The van der Waals surface area contributed by atoms with Crippen molar-refractivity contribution < 1.29 is 14.3 Å². The average molecular weight is 257 g/mol. The van der Waals surface area contributed by atoms with E-state index in [1.807, 2.05) is 0 Å². The molecule has 0 aliphatic heterocycles. The molecular weight excluding hydrogens is 230 g/mol. The van der Waals surface area contributed by atoms with E-state index >= 15 is 0 Å². The van der Waals surface area contributed by atoms with Crippen molar-refractivity contribution in [1.29, 1.82) is 0 Å². The quantitative estimate of drug-likeness (QED) is 0.534. The van der Waals surface area contributed by atoms with Crippen LogP contribution in [0, 0.1) is 11.8 Å². The molecule has 0 radical (unpaired) electrons. The number of rotatable bonds is 8. The molecule has 0 aromatic rings. The van der Waals surface area contributed by atoms with E-state index < -0.39 is 0 Å². The Morgan fingerprint density at radius 3 is 2.50 bits per heavy atom. The van der Waals surface area contributed by atoms with Crippen LogP contribution in [0.5, 0.6) is 0 Å². The largest absolute Gasteiger partial charge is 0.463 e. The van der Waals surface area contributed by atoms with Gasteiger partial charge in [-0.3, -0.25) is 4.79 Å². The first-order chi connectivity index (χ1) is 8.77. The van der Waals surface area contributed by atoms with E-state index in [0.717, 1.165) is 51.7 Å². The number of hydrogen-bond donors (Lipinski definition) is 1. The van der Waals surface area contributed by atoms with Crippen molar-refractivity contribution in [3.63, 3.8) is 0 Å². The van der Waals surface area contributed by atoms with Crippen molar-refractivity contribution in [3.05, 3.63) is 0 Å². The Hall–Kier alpha value is -0.610. The van der Waals surface area contributed by atoms with Crippen LogP contribution < -0.4 is 5.73 Å². The van der Waals surface area contributed by atoms with E-state index in [9.17, 15) is 4.79 Å². The molecule has 106 valence electrons. The molecule has 0 bridgehead atoms. The minimum absolute atomic E-state index is 0.0513. The summed E-state index contributed by atoms with van der Waals surface area (Å²) in [4.78, 5) is 11.8. The summed E-state index contributed by atoms with van der Waals surface area (Å²) in [6, 6.07) is 0. The maximum absolute atomic E-state index is 11.8. The topological polar surface area (TPSA) is 61.5 Å². The number of nitrogens with two attached hydrogens (primary N) is 1. The summed E-state index contributed by atoms with van der Waals surface area (Å²) in [5.74, 6) is 0.638. The molecule has 4 heteroatoms. The Morgan fingerprint density at radius 1 is 1.17 bits per heavy atom. The molecule has 1 saturated carbocycles. The maximum Gasteiger partial charge on any atom is 0.309 e. The van der Waals surface area contributed by atoms with Crippen LogP contribution in [0.4, 0.5) is 0 Å². The van der Waals surface area contributed by atoms with Crippen LogP contribution in [0.1, 0.15) is 45.4 Å². The van der Waals surface area contributed by atoms with Crippen molar-refractivity contribution in [3.8, 4) is 0 Å². The van der Waals surface area contributed by atoms with Crippen molar-refractivity contribution in [2.24, 2.45) is 17.6 Å². The molecule has 0 unspecified atom stereocenters. The molecule has 0 saturated heterocycles. The monoisotopic (exact) mass is 257 g/mol. The van der Waals surface area contributed by atoms with Crippen LogP contribution >= 0.6 is 0 Å². The fourth-order valence-electron chi connectivity index (χ4n) is 2.30. The lowest BCUT2D eigenvalue weighted by Crippen LogP contribution is -2.27. The van der Waals surface area contributed by atoms with Gasteiger partial charge in [0.1, 0.15) is 6.61 Å². The highest BCUT2D eigenvalue weighted by Gasteiger charge is 2.26. The molecule has 2 N–H and O–H groups in total. The molecule has 1 aliphatic carbocycles. The lowest BCUT2D eigenvalue weighted by molar-refractivity contribution is -0.151. The Kier molecular flexibility index (Phi) is 8.01. The Morgan fingerprint density at radius 2 is 1.89 bits per heavy atom. The average Bonchev–Trinajstić information content (AvgIpc) is 2.42. The van der Waals surface area contributed by atoms with E-state index in [0.29, 0.717) is 19.1 Å². The smallest absolute Gasteiger partial charge is 0.309 e. The Balaban J connectivity index is 2.03. The fraction of sp³-hybridized carbons (Fsp3) is 0.929. The number of carbonyl (C=O) groups is 1. The summed E-state index contributed by atoms with van der Waals surface area (Å²) in [5, 5.41) is 0. The van der Waals surface area contributed by atoms with Gasteiger partial charge < -0.3 is 15.2 Å². The summed E-state index contributed by atoms with van der Waals surface area (Å²) in [6.07, 6.45) is 6.17. The Bertz CT molecular complexity index is 225. The highest BCUT2D eigenvalue weighted by molar-refractivity contribution is 5.72. The number of unbranched alkanes of at least 4 members (excludes halogenated alkanes) is 1. The highest BCUT2D eigenvalue weighted by atomic mass is 16.6. The standard InChI is InChI=1S/C14H27NO3/c1-2-3-8-17-9-10-18-14(16)13-6-4-12(11-15)5-7-13/h12-13H,2-11,15H2,1H3. The predicted molar refractivity (Wildman–Crippen MR) is 71.2 cm³/mol. The maximum atomic E-state index is 11.8. The van der Waals surface area contributed by atoms with Gasteiger partial charge in [-0.1, -0.05) is 13.3 Å². The van der Waals surface area contributed by atoms with E-state index in [1.54, 1.807) is 0 Å². The molecule has 0 aromatic heterocycles. The molecule has 1 aliphatic rings. The number of ether oxygens (including phenoxy) is 2. The van der Waals surface area contributed by atoms with Gasteiger partial charge in [-0.25, -0.2) is 0 Å². The minimum Gasteiger partial charge on any atom is -0.463 e. The van der Waals surface area contributed by atoms with Crippen molar-refractivity contribution in [2.45, 2.75) is 45.4 Å². The molecule has 4 nitrogen and oxygen atoms in total. The number of hydrogen-bond acceptors (Lipinski definition) is 4. The molecule has 0 heterocycles. The molecule has 1 rings (SSSR count). The van der Waals surface area contributed by atoms with Crippen molar-refractivity contribution >= 4 is 5.97 Å². The van der Waals surface area contributed by atoms with Gasteiger partial charge >= 0.3 is 5.97 Å². The minimum atomic E-state index is -0.0513. The van der Waals surface area contributed by atoms with Gasteiger partial charge in [-0.05, 0) is 44.6 Å². The summed E-state index contributed by atoms with van der Waals surface area (Å²) in [7, 11) is 0. The van der Waals surface area contributed by atoms with Crippen LogP contribution in [0.3, 0.4) is 0 Å². The van der Waals surface area contributed by atoms with Crippen LogP contribution in [-0.4, -0.2) is 32.3 Å². The van der Waals surface area contributed by atoms with Gasteiger partial charge in [0.25, 0.3) is 0 Å². The predicted octanol–water partition coefficient (Wildman–Crippen LogP) is 2.11. The summed E-state index contributed by atoms with van der Waals surface area (Å²) in [6.45, 7) is 4.53. The second-order valence-corrected chi connectivity index (χ2v) is 5.09. The SMILES string of the molecule is CCCCOCCOC(=O)C1CCC(CN)CC1. The van der Waals surface area contributed by atoms with E-state index in [1.165, 1.54) is 0 Å². The molecule has 0 amide bonds. The first-order valence-corrected chi connectivity index (χ1v) is 7.22. The third kappa shape index (κ3) is 5.83. The molecule has 0 aromatic carbocycles. The van der Waals surface area contributed by atoms with Crippen molar-refractivity contribution in [2.75, 3.05) is 26.4 Å². The van der Waals surface area contributed by atoms with Gasteiger partial charge in [-0.2, -0.15) is 0 Å². The van der Waals surface area contributed by atoms with Gasteiger partial charge in [0, 0.05) is 6.61 Å². The molecule has 0 atom stereocenters. The van der Waals surface area contributed by atoms with Gasteiger partial charge in [0.15, 0.2) is 0 Å². The Labute approximate surface area is 110 Å². The van der Waals surface area contributed by atoms with E-state index in [2.05, 4.69) is 6.92 Å². The van der Waals surface area contributed by atoms with Crippen LogP contribution in [0.15, 0.2) is 0 Å². The second-order valence-electron chi connectivity index (χ2n) is 5.09. The summed E-state index contributed by atoms with van der Waals surface area (Å²) >= 11 is 0. The zero-order valence-electron chi connectivity index (χ0n) is 11.5. The first kappa shape index (κ1) is 15.4. The van der Waals surface area contributed by atoms with Crippen LogP contribution in [0.25, 0.3) is 0 Å². The van der Waals surface area contributed by atoms with Gasteiger partial charge in [-0.15, -0.1) is 0 Å². The molecule has 1 fully saturated rings. The van der Waals surface area contributed by atoms with Gasteiger partial charge in [0.05, 0.1) is 12.5 Å². The third-order valence-corrected chi connectivity index (χ3v) is 3.63. The fourth-order valence-corrected chi connectivity index (χ4v) is 2.30. The third-order valence-electron chi connectivity index (χ3n) is 3.63. The van der Waals surface area contributed by atoms with E-state index in [4.69, 9.17) is 15.2 Å². The van der Waals surface area contributed by atoms with Gasteiger partial charge in [0.2, 0.25) is 0 Å². The molecule has 18 heavy (non-hydrogen) atoms. The zero-order valence-corrected chi connectivity index (χ0v) is 11.5. The highest BCUT2D eigenvalue weighted by Crippen LogP contribution is 2.28.